The summed E-state index contributed by atoms with van der Waals surface area (Å²) in [7, 11) is 0. The molecule has 0 radical (unpaired) electrons. The molecule has 1 aromatic heterocycles. The largest absolute Gasteiger partial charge is 0.433 e. The van der Waals surface area contributed by atoms with Crippen molar-refractivity contribution in [1.29, 1.82) is 0 Å². The van der Waals surface area contributed by atoms with Crippen LogP contribution >= 0.6 is 0 Å². The van der Waals surface area contributed by atoms with Crippen molar-refractivity contribution in [2.24, 2.45) is 0 Å². The Morgan fingerprint density at radius 2 is 2.06 bits per heavy atom. The Morgan fingerprint density at radius 3 is 2.61 bits per heavy atom. The third kappa shape index (κ3) is 5.67. The zero-order chi connectivity index (χ0) is 13.6. The molecule has 0 aromatic carbocycles. The Balaban J connectivity index is 2.12. The molecule has 0 unspecified atom stereocenters. The van der Waals surface area contributed by atoms with Gasteiger partial charge in [-0.1, -0.05) is 0 Å². The molecule has 0 saturated heterocycles. The van der Waals surface area contributed by atoms with Crippen LogP contribution in [0.5, 0.6) is 0 Å². The van der Waals surface area contributed by atoms with Crippen molar-refractivity contribution in [1.82, 2.24) is 5.32 Å². The van der Waals surface area contributed by atoms with Gasteiger partial charge < -0.3 is 9.73 Å². The van der Waals surface area contributed by atoms with Crippen LogP contribution in [0.4, 0.5) is 19.1 Å². The molecule has 0 fully saturated rings. The van der Waals surface area contributed by atoms with Gasteiger partial charge in [0.2, 0.25) is 0 Å². The van der Waals surface area contributed by atoms with Crippen molar-refractivity contribution in [2.75, 3.05) is 6.54 Å². The lowest BCUT2D eigenvalue weighted by Crippen LogP contribution is -2.15. The quantitative estimate of drug-likeness (QED) is 0.468. The van der Waals surface area contributed by atoms with E-state index in [9.17, 15) is 23.3 Å². The average Bonchev–Trinajstić information content (AvgIpc) is 2.70. The van der Waals surface area contributed by atoms with Crippen LogP contribution in [0.3, 0.4) is 0 Å². The van der Waals surface area contributed by atoms with Gasteiger partial charge >= 0.3 is 12.1 Å². The fourth-order valence-electron chi connectivity index (χ4n) is 1.35. The predicted molar refractivity (Wildman–Crippen MR) is 57.0 cm³/mol. The molecule has 8 heteroatoms. The molecule has 0 bridgehead atoms. The van der Waals surface area contributed by atoms with Gasteiger partial charge in [-0.05, 0) is 25.5 Å². The lowest BCUT2D eigenvalue weighted by Gasteiger charge is -2.05. The zero-order valence-electron chi connectivity index (χ0n) is 9.50. The molecular formula is C10H13F3N2O3. The van der Waals surface area contributed by atoms with Crippen molar-refractivity contribution in [3.05, 3.63) is 28.0 Å². The summed E-state index contributed by atoms with van der Waals surface area (Å²) in [6, 6.07) is 2.70. The number of unbranched alkanes of at least 4 members (excludes halogenated alkanes) is 1. The number of hydrogen-bond donors (Lipinski definition) is 1. The highest BCUT2D eigenvalue weighted by molar-refractivity contribution is 5.17. The van der Waals surface area contributed by atoms with Gasteiger partial charge in [0.1, 0.15) is 10.7 Å². The Morgan fingerprint density at radius 1 is 1.33 bits per heavy atom. The number of nitrogens with zero attached hydrogens (tertiary/aromatic N) is 1. The van der Waals surface area contributed by atoms with Crippen LogP contribution in [-0.2, 0) is 6.54 Å². The van der Waals surface area contributed by atoms with Gasteiger partial charge in [0.25, 0.3) is 0 Å². The van der Waals surface area contributed by atoms with E-state index in [-0.39, 0.29) is 18.8 Å². The highest BCUT2D eigenvalue weighted by atomic mass is 19.4. The van der Waals surface area contributed by atoms with Crippen molar-refractivity contribution < 1.29 is 22.5 Å². The van der Waals surface area contributed by atoms with Crippen LogP contribution in [-0.4, -0.2) is 17.6 Å². The van der Waals surface area contributed by atoms with Gasteiger partial charge in [-0.15, -0.1) is 0 Å². The minimum atomic E-state index is -4.11. The monoisotopic (exact) mass is 266 g/mol. The summed E-state index contributed by atoms with van der Waals surface area (Å²) < 4.78 is 40.3. The summed E-state index contributed by atoms with van der Waals surface area (Å²) >= 11 is 0. The second-order valence-corrected chi connectivity index (χ2v) is 3.75. The maximum Gasteiger partial charge on any atom is 0.433 e. The van der Waals surface area contributed by atoms with Gasteiger partial charge in [0, 0.05) is 6.42 Å². The van der Waals surface area contributed by atoms with E-state index < -0.39 is 17.5 Å². The van der Waals surface area contributed by atoms with Crippen molar-refractivity contribution in [3.8, 4) is 0 Å². The highest BCUT2D eigenvalue weighted by Crippen LogP contribution is 2.21. The van der Waals surface area contributed by atoms with E-state index in [1.54, 1.807) is 0 Å². The third-order valence-corrected chi connectivity index (χ3v) is 2.19. The first-order valence-electron chi connectivity index (χ1n) is 5.39. The SMILES string of the molecule is O=[N+]([O-])c1ccc(CNCCCCC(F)(F)F)o1. The second kappa shape index (κ2) is 6.39. The number of alkyl halides is 3. The van der Waals surface area contributed by atoms with Gasteiger partial charge in [-0.2, -0.15) is 13.2 Å². The first kappa shape index (κ1) is 14.5. The number of nitrogens with one attached hydrogen (secondary N) is 1. The number of nitro groups is 1. The van der Waals surface area contributed by atoms with Crippen LogP contribution in [0.1, 0.15) is 25.0 Å². The molecule has 1 N–H and O–H groups in total. The normalized spacial score (nSPS) is 11.7. The topological polar surface area (TPSA) is 68.3 Å². The van der Waals surface area contributed by atoms with Crippen LogP contribution in [0, 0.1) is 10.1 Å². The summed E-state index contributed by atoms with van der Waals surface area (Å²) in [5, 5.41) is 13.2. The molecule has 18 heavy (non-hydrogen) atoms. The minimum Gasteiger partial charge on any atom is -0.404 e. The first-order chi connectivity index (χ1) is 8.38. The predicted octanol–water partition coefficient (Wildman–Crippen LogP) is 3.01. The van der Waals surface area contributed by atoms with Crippen LogP contribution in [0.15, 0.2) is 16.5 Å². The van der Waals surface area contributed by atoms with Crippen LogP contribution < -0.4 is 5.32 Å². The number of halogens is 3. The number of hydrogen-bond acceptors (Lipinski definition) is 4. The first-order valence-corrected chi connectivity index (χ1v) is 5.39. The summed E-state index contributed by atoms with van der Waals surface area (Å²) in [6.45, 7) is 0.671. The fourth-order valence-corrected chi connectivity index (χ4v) is 1.35. The maximum absolute atomic E-state index is 11.8. The van der Waals surface area contributed by atoms with E-state index in [2.05, 4.69) is 5.32 Å². The van der Waals surface area contributed by atoms with Crippen LogP contribution in [0.25, 0.3) is 0 Å². The Bertz CT molecular complexity index is 390. The Kier molecular flexibility index (Phi) is 5.14. The van der Waals surface area contributed by atoms with Crippen molar-refractivity contribution in [3.63, 3.8) is 0 Å². The lowest BCUT2D eigenvalue weighted by molar-refractivity contribution is -0.402. The smallest absolute Gasteiger partial charge is 0.404 e. The summed E-state index contributed by atoms with van der Waals surface area (Å²) in [5.41, 5.74) is 0. The molecular weight excluding hydrogens is 253 g/mol. The van der Waals surface area contributed by atoms with E-state index >= 15 is 0 Å². The van der Waals surface area contributed by atoms with Crippen molar-refractivity contribution >= 4 is 5.88 Å². The number of rotatable bonds is 7. The molecule has 0 saturated carbocycles. The molecule has 102 valence electrons. The van der Waals surface area contributed by atoms with Crippen molar-refractivity contribution in [2.45, 2.75) is 32.0 Å². The van der Waals surface area contributed by atoms with E-state index in [0.717, 1.165) is 0 Å². The fraction of sp³-hybridized carbons (Fsp3) is 0.600. The van der Waals surface area contributed by atoms with E-state index in [1.807, 2.05) is 0 Å². The molecule has 1 heterocycles. The molecule has 0 amide bonds. The third-order valence-electron chi connectivity index (χ3n) is 2.19. The maximum atomic E-state index is 11.8. The number of furan rings is 1. The lowest BCUT2D eigenvalue weighted by atomic mass is 10.2. The van der Waals surface area contributed by atoms with Gasteiger partial charge in [0.05, 0.1) is 12.6 Å². The summed E-state index contributed by atoms with van der Waals surface area (Å²) in [4.78, 5) is 9.66. The molecule has 0 aliphatic heterocycles. The zero-order valence-corrected chi connectivity index (χ0v) is 9.50. The Labute approximate surface area is 101 Å². The van der Waals surface area contributed by atoms with Crippen LogP contribution in [0.2, 0.25) is 0 Å². The van der Waals surface area contributed by atoms with Gasteiger partial charge in [0.15, 0.2) is 0 Å². The molecule has 0 aliphatic rings. The van der Waals surface area contributed by atoms with E-state index in [0.29, 0.717) is 18.7 Å². The molecule has 5 nitrogen and oxygen atoms in total. The standard InChI is InChI=1S/C10H13F3N2O3/c11-10(12,13)5-1-2-6-14-7-8-3-4-9(18-8)15(16)17/h3-4,14H,1-2,5-7H2. The van der Waals surface area contributed by atoms with Gasteiger partial charge in [-0.25, -0.2) is 0 Å². The molecule has 1 aromatic rings. The summed E-state index contributed by atoms with van der Waals surface area (Å²) in [6.07, 6.45) is -4.44. The van der Waals surface area contributed by atoms with E-state index in [4.69, 9.17) is 4.42 Å². The molecule has 0 atom stereocenters. The second-order valence-electron chi connectivity index (χ2n) is 3.75. The molecule has 0 spiro atoms. The highest BCUT2D eigenvalue weighted by Gasteiger charge is 2.25. The Hall–Kier alpha value is -1.57. The minimum absolute atomic E-state index is 0.0643. The van der Waals surface area contributed by atoms with Gasteiger partial charge in [-0.3, -0.25) is 10.1 Å². The average molecular weight is 266 g/mol. The van der Waals surface area contributed by atoms with E-state index in [1.165, 1.54) is 12.1 Å². The molecule has 1 rings (SSSR count). The molecule has 0 aliphatic carbocycles. The summed E-state index contributed by atoms with van der Waals surface area (Å²) in [5.74, 6) is 0.0430.